The molecule has 4 nitrogen and oxygen atoms in total. The predicted molar refractivity (Wildman–Crippen MR) is 43.1 cm³/mol. The molecule has 0 fully saturated rings. The number of hydrogen-bond donors (Lipinski definition) is 1. The van der Waals surface area contributed by atoms with Crippen molar-refractivity contribution in [2.75, 3.05) is 0 Å². The largest absolute Gasteiger partial charge is 0.411 e. The number of nitrogens with zero attached hydrogens (tertiary/aromatic N) is 3. The second-order valence-corrected chi connectivity index (χ2v) is 2.29. The van der Waals surface area contributed by atoms with Crippen molar-refractivity contribution in [1.29, 1.82) is 5.26 Å². The Morgan fingerprint density at radius 2 is 2.50 bits per heavy atom. The second-order valence-electron chi connectivity index (χ2n) is 2.29. The minimum atomic E-state index is 0.394. The van der Waals surface area contributed by atoms with Crippen molar-refractivity contribution in [2.45, 2.75) is 6.92 Å². The molecule has 0 saturated carbocycles. The number of aromatic nitrogens is 1. The third kappa shape index (κ3) is 1.58. The van der Waals surface area contributed by atoms with E-state index in [1.165, 1.54) is 12.4 Å². The van der Waals surface area contributed by atoms with Crippen molar-refractivity contribution in [3.8, 4) is 6.07 Å². The maximum Gasteiger partial charge on any atom is 0.143 e. The van der Waals surface area contributed by atoms with Crippen LogP contribution in [0.4, 0.5) is 0 Å². The van der Waals surface area contributed by atoms with E-state index in [0.29, 0.717) is 11.3 Å². The first-order valence-corrected chi connectivity index (χ1v) is 3.32. The minimum Gasteiger partial charge on any atom is -0.411 e. The Morgan fingerprint density at radius 3 is 3.00 bits per heavy atom. The molecule has 4 heteroatoms. The van der Waals surface area contributed by atoms with Gasteiger partial charge >= 0.3 is 0 Å². The van der Waals surface area contributed by atoms with Crippen LogP contribution in [-0.4, -0.2) is 16.4 Å². The zero-order valence-corrected chi connectivity index (χ0v) is 6.52. The molecule has 0 amide bonds. The molecular weight excluding hydrogens is 154 g/mol. The molecule has 0 aliphatic carbocycles. The lowest BCUT2D eigenvalue weighted by molar-refractivity contribution is 0.322. The Bertz CT molecular complexity index is 352. The zero-order valence-electron chi connectivity index (χ0n) is 6.52. The van der Waals surface area contributed by atoms with Crippen LogP contribution in [0.1, 0.15) is 16.8 Å². The Balaban J connectivity index is 3.12. The highest BCUT2D eigenvalue weighted by molar-refractivity contribution is 5.78. The lowest BCUT2D eigenvalue weighted by atomic mass is 10.2. The van der Waals surface area contributed by atoms with E-state index in [2.05, 4.69) is 10.1 Å². The van der Waals surface area contributed by atoms with E-state index in [1.54, 1.807) is 13.0 Å². The van der Waals surface area contributed by atoms with Crippen LogP contribution in [0.2, 0.25) is 0 Å². The van der Waals surface area contributed by atoms with Crippen molar-refractivity contribution >= 4 is 6.21 Å². The summed E-state index contributed by atoms with van der Waals surface area (Å²) in [4.78, 5) is 3.85. The number of aryl methyl sites for hydroxylation is 1. The Kier molecular flexibility index (Phi) is 2.38. The van der Waals surface area contributed by atoms with Crippen molar-refractivity contribution < 1.29 is 5.21 Å². The second kappa shape index (κ2) is 3.49. The first-order valence-electron chi connectivity index (χ1n) is 3.32. The molecule has 0 bridgehead atoms. The zero-order chi connectivity index (χ0) is 8.97. The van der Waals surface area contributed by atoms with Crippen LogP contribution in [0.3, 0.4) is 0 Å². The first-order chi connectivity index (χ1) is 5.77. The molecule has 0 unspecified atom stereocenters. The van der Waals surface area contributed by atoms with E-state index in [4.69, 9.17) is 10.5 Å². The van der Waals surface area contributed by atoms with Gasteiger partial charge in [-0.15, -0.1) is 0 Å². The topological polar surface area (TPSA) is 69.3 Å². The first kappa shape index (κ1) is 8.21. The lowest BCUT2D eigenvalue weighted by Crippen LogP contribution is -1.91. The summed E-state index contributed by atoms with van der Waals surface area (Å²) in [7, 11) is 0. The van der Waals surface area contributed by atoms with Crippen molar-refractivity contribution in [1.82, 2.24) is 4.98 Å². The molecule has 1 rings (SSSR count). The molecule has 0 saturated heterocycles. The average molecular weight is 161 g/mol. The molecule has 1 N–H and O–H groups in total. The van der Waals surface area contributed by atoms with Gasteiger partial charge < -0.3 is 5.21 Å². The maximum atomic E-state index is 8.54. The highest BCUT2D eigenvalue weighted by Gasteiger charge is 1.98. The van der Waals surface area contributed by atoms with Crippen molar-refractivity contribution in [3.63, 3.8) is 0 Å². The fourth-order valence-corrected chi connectivity index (χ4v) is 0.851. The summed E-state index contributed by atoms with van der Waals surface area (Å²) in [6.07, 6.45) is 2.74. The molecule has 0 spiro atoms. The van der Waals surface area contributed by atoms with Crippen LogP contribution >= 0.6 is 0 Å². The summed E-state index contributed by atoms with van der Waals surface area (Å²) in [6.45, 7) is 1.78. The van der Waals surface area contributed by atoms with Crippen LogP contribution in [0, 0.1) is 18.3 Å². The summed E-state index contributed by atoms with van der Waals surface area (Å²) in [5, 5.41) is 19.6. The lowest BCUT2D eigenvalue weighted by Gasteiger charge is -1.95. The number of pyridine rings is 1. The maximum absolute atomic E-state index is 8.54. The summed E-state index contributed by atoms with van der Waals surface area (Å²) < 4.78 is 0. The van der Waals surface area contributed by atoms with Crippen LogP contribution in [0.5, 0.6) is 0 Å². The molecular formula is C8H7N3O. The SMILES string of the molecule is Cc1cc(/C=N/O)cnc1C#N. The summed E-state index contributed by atoms with van der Waals surface area (Å²) >= 11 is 0. The quantitative estimate of drug-likeness (QED) is 0.380. The normalized spacial score (nSPS) is 10.0. The van der Waals surface area contributed by atoms with Crippen LogP contribution < -0.4 is 0 Å². The van der Waals surface area contributed by atoms with Crippen molar-refractivity contribution in [3.05, 3.63) is 29.1 Å². The summed E-state index contributed by atoms with van der Waals surface area (Å²) in [6, 6.07) is 3.67. The van der Waals surface area contributed by atoms with E-state index in [-0.39, 0.29) is 0 Å². The molecule has 0 aliphatic heterocycles. The van der Waals surface area contributed by atoms with Gasteiger partial charge in [0.25, 0.3) is 0 Å². The monoisotopic (exact) mass is 161 g/mol. The molecule has 12 heavy (non-hydrogen) atoms. The van der Waals surface area contributed by atoms with Gasteiger partial charge in [0.2, 0.25) is 0 Å². The number of hydrogen-bond acceptors (Lipinski definition) is 4. The fraction of sp³-hybridized carbons (Fsp3) is 0.125. The van der Waals surface area contributed by atoms with Gasteiger partial charge in [-0.25, -0.2) is 4.98 Å². The molecule has 0 atom stereocenters. The molecule has 1 heterocycles. The van der Waals surface area contributed by atoms with E-state index < -0.39 is 0 Å². The van der Waals surface area contributed by atoms with Gasteiger partial charge in [0.05, 0.1) is 6.21 Å². The van der Waals surface area contributed by atoms with E-state index in [9.17, 15) is 0 Å². The molecule has 0 aromatic carbocycles. The molecule has 0 aliphatic rings. The molecule has 1 aromatic heterocycles. The Morgan fingerprint density at radius 1 is 1.75 bits per heavy atom. The van der Waals surface area contributed by atoms with Gasteiger partial charge in [-0.3, -0.25) is 0 Å². The van der Waals surface area contributed by atoms with Gasteiger partial charge in [-0.2, -0.15) is 5.26 Å². The van der Waals surface area contributed by atoms with Gasteiger partial charge in [0, 0.05) is 11.8 Å². The van der Waals surface area contributed by atoms with E-state index in [0.717, 1.165) is 5.56 Å². The highest BCUT2D eigenvalue weighted by atomic mass is 16.4. The minimum absolute atomic E-state index is 0.394. The molecule has 1 aromatic rings. The standard InChI is InChI=1S/C8H7N3O/c1-6-2-7(5-11-12)4-10-8(6)3-9/h2,4-5,12H,1H3/b11-5+. The number of oxime groups is 1. The third-order valence-electron chi connectivity index (χ3n) is 1.41. The van der Waals surface area contributed by atoms with Crippen LogP contribution in [0.25, 0.3) is 0 Å². The third-order valence-corrected chi connectivity index (χ3v) is 1.41. The molecule has 60 valence electrons. The number of nitriles is 1. The molecule has 0 radical (unpaired) electrons. The predicted octanol–water partition coefficient (Wildman–Crippen LogP) is 1.07. The van der Waals surface area contributed by atoms with Crippen molar-refractivity contribution in [2.24, 2.45) is 5.16 Å². The van der Waals surface area contributed by atoms with E-state index >= 15 is 0 Å². The fourth-order valence-electron chi connectivity index (χ4n) is 0.851. The highest BCUT2D eigenvalue weighted by Crippen LogP contribution is 2.04. The van der Waals surface area contributed by atoms with Gasteiger partial charge in [0.1, 0.15) is 11.8 Å². The van der Waals surface area contributed by atoms with Gasteiger partial charge in [-0.05, 0) is 18.6 Å². The smallest absolute Gasteiger partial charge is 0.143 e. The Hall–Kier alpha value is -1.89. The van der Waals surface area contributed by atoms with Crippen LogP contribution in [-0.2, 0) is 0 Å². The van der Waals surface area contributed by atoms with E-state index in [1.807, 2.05) is 6.07 Å². The summed E-state index contributed by atoms with van der Waals surface area (Å²) in [5.74, 6) is 0. The summed E-state index contributed by atoms with van der Waals surface area (Å²) in [5.41, 5.74) is 1.84. The number of rotatable bonds is 1. The van der Waals surface area contributed by atoms with Crippen LogP contribution in [0.15, 0.2) is 17.4 Å². The van der Waals surface area contributed by atoms with Gasteiger partial charge in [-0.1, -0.05) is 5.16 Å². The average Bonchev–Trinajstić information content (AvgIpc) is 2.05. The van der Waals surface area contributed by atoms with Gasteiger partial charge in [0.15, 0.2) is 0 Å². The Labute approximate surface area is 69.8 Å².